The van der Waals surface area contributed by atoms with Gasteiger partial charge < -0.3 is 14.3 Å². The minimum absolute atomic E-state index is 0.245. The second-order valence-electron chi connectivity index (χ2n) is 6.44. The molecule has 0 spiro atoms. The molecule has 0 bridgehead atoms. The van der Waals surface area contributed by atoms with Gasteiger partial charge in [0.2, 0.25) is 0 Å². The highest BCUT2D eigenvalue weighted by molar-refractivity contribution is 6.31. The van der Waals surface area contributed by atoms with E-state index < -0.39 is 0 Å². The summed E-state index contributed by atoms with van der Waals surface area (Å²) in [6.45, 7) is 1.75. The fourth-order valence-corrected chi connectivity index (χ4v) is 3.33. The zero-order chi connectivity index (χ0) is 20.7. The number of anilines is 1. The first-order valence-corrected chi connectivity index (χ1v) is 9.25. The summed E-state index contributed by atoms with van der Waals surface area (Å²) in [5.74, 6) is 0.121. The SMILES string of the molecule is Cc1noc2nc(-c3ccco3)cc(C(=O)Nc3cc(Cl)ccc3-n3cncn3)c12. The van der Waals surface area contributed by atoms with Gasteiger partial charge >= 0.3 is 0 Å². The summed E-state index contributed by atoms with van der Waals surface area (Å²) < 4.78 is 12.3. The Labute approximate surface area is 174 Å². The van der Waals surface area contributed by atoms with Crippen molar-refractivity contribution in [1.29, 1.82) is 0 Å². The number of rotatable bonds is 4. The second kappa shape index (κ2) is 7.12. The van der Waals surface area contributed by atoms with Gasteiger partial charge in [0.1, 0.15) is 18.3 Å². The summed E-state index contributed by atoms with van der Waals surface area (Å²) in [4.78, 5) is 21.7. The average molecular weight is 421 g/mol. The lowest BCUT2D eigenvalue weighted by atomic mass is 10.1. The van der Waals surface area contributed by atoms with Gasteiger partial charge in [0.25, 0.3) is 11.6 Å². The van der Waals surface area contributed by atoms with Crippen molar-refractivity contribution in [2.75, 3.05) is 5.32 Å². The minimum atomic E-state index is -0.384. The van der Waals surface area contributed by atoms with Crippen molar-refractivity contribution in [1.82, 2.24) is 24.9 Å². The first-order chi connectivity index (χ1) is 14.6. The molecule has 9 nitrogen and oxygen atoms in total. The van der Waals surface area contributed by atoms with E-state index in [-0.39, 0.29) is 11.6 Å². The van der Waals surface area contributed by atoms with Crippen LogP contribution < -0.4 is 5.32 Å². The molecule has 5 aromatic rings. The van der Waals surface area contributed by atoms with Gasteiger partial charge in [-0.05, 0) is 43.3 Å². The van der Waals surface area contributed by atoms with Crippen LogP contribution in [0.15, 0.2) is 64.3 Å². The van der Waals surface area contributed by atoms with Crippen LogP contribution in [0.5, 0.6) is 0 Å². The Morgan fingerprint density at radius 2 is 2.13 bits per heavy atom. The molecule has 10 heteroatoms. The van der Waals surface area contributed by atoms with Crippen LogP contribution in [0.25, 0.3) is 28.2 Å². The third-order valence-electron chi connectivity index (χ3n) is 4.51. The number of nitrogens with zero attached hydrogens (tertiary/aromatic N) is 5. The van der Waals surface area contributed by atoms with Crippen molar-refractivity contribution < 1.29 is 13.7 Å². The number of hydrogen-bond donors (Lipinski definition) is 1. The van der Waals surface area contributed by atoms with Crippen molar-refractivity contribution in [2.45, 2.75) is 6.92 Å². The lowest BCUT2D eigenvalue weighted by molar-refractivity contribution is 0.102. The second-order valence-corrected chi connectivity index (χ2v) is 6.87. The zero-order valence-electron chi connectivity index (χ0n) is 15.5. The van der Waals surface area contributed by atoms with Crippen LogP contribution in [0.3, 0.4) is 0 Å². The summed E-state index contributed by atoms with van der Waals surface area (Å²) >= 11 is 6.16. The van der Waals surface area contributed by atoms with Gasteiger partial charge in [-0.15, -0.1) is 0 Å². The third-order valence-corrected chi connectivity index (χ3v) is 4.74. The average Bonchev–Trinajstić information content (AvgIpc) is 3.50. The highest BCUT2D eigenvalue weighted by Crippen LogP contribution is 2.29. The molecule has 0 saturated carbocycles. The highest BCUT2D eigenvalue weighted by Gasteiger charge is 2.21. The van der Waals surface area contributed by atoms with E-state index in [1.54, 1.807) is 43.3 Å². The molecule has 0 fully saturated rings. The number of nitrogens with one attached hydrogen (secondary N) is 1. The molecule has 1 aromatic carbocycles. The van der Waals surface area contributed by atoms with Gasteiger partial charge in [-0.3, -0.25) is 4.79 Å². The topological polar surface area (TPSA) is 112 Å². The number of hydrogen-bond acceptors (Lipinski definition) is 7. The molecule has 5 rings (SSSR count). The molecular weight excluding hydrogens is 408 g/mol. The lowest BCUT2D eigenvalue weighted by Gasteiger charge is -2.12. The number of aromatic nitrogens is 5. The Morgan fingerprint density at radius 3 is 2.90 bits per heavy atom. The number of amides is 1. The summed E-state index contributed by atoms with van der Waals surface area (Å²) in [6, 6.07) is 10.2. The van der Waals surface area contributed by atoms with Crippen molar-refractivity contribution in [2.24, 2.45) is 0 Å². The first kappa shape index (κ1) is 18.1. The number of furan rings is 1. The van der Waals surface area contributed by atoms with E-state index in [1.165, 1.54) is 23.6 Å². The van der Waals surface area contributed by atoms with Crippen LogP contribution >= 0.6 is 11.6 Å². The molecular formula is C20H13ClN6O3. The van der Waals surface area contributed by atoms with Crippen molar-refractivity contribution in [3.05, 3.63) is 71.6 Å². The van der Waals surface area contributed by atoms with Gasteiger partial charge in [-0.25, -0.2) is 14.6 Å². The van der Waals surface area contributed by atoms with Crippen LogP contribution in [0, 0.1) is 6.92 Å². The fourth-order valence-electron chi connectivity index (χ4n) is 3.15. The Bertz CT molecular complexity index is 1360. The van der Waals surface area contributed by atoms with Crippen LogP contribution in [0.1, 0.15) is 16.1 Å². The number of carbonyl (C=O) groups excluding carboxylic acids is 1. The summed E-state index contributed by atoms with van der Waals surface area (Å²) in [7, 11) is 0. The maximum Gasteiger partial charge on any atom is 0.259 e. The number of halogens is 1. The Kier molecular flexibility index (Phi) is 4.29. The van der Waals surface area contributed by atoms with Gasteiger partial charge in [0, 0.05) is 5.02 Å². The van der Waals surface area contributed by atoms with E-state index in [2.05, 4.69) is 25.5 Å². The van der Waals surface area contributed by atoms with Crippen molar-refractivity contribution in [3.8, 4) is 17.1 Å². The number of fused-ring (bicyclic) bond motifs is 1. The van der Waals surface area contributed by atoms with E-state index in [1.807, 2.05) is 0 Å². The fraction of sp³-hybridized carbons (Fsp3) is 0.0500. The van der Waals surface area contributed by atoms with E-state index in [0.29, 0.717) is 44.5 Å². The molecule has 0 saturated heterocycles. The van der Waals surface area contributed by atoms with E-state index in [4.69, 9.17) is 20.5 Å². The maximum absolute atomic E-state index is 13.3. The van der Waals surface area contributed by atoms with Gasteiger partial charge in [-0.2, -0.15) is 5.10 Å². The monoisotopic (exact) mass is 420 g/mol. The number of aryl methyl sites for hydroxylation is 1. The third kappa shape index (κ3) is 3.11. The van der Waals surface area contributed by atoms with Crippen LogP contribution in [0.4, 0.5) is 5.69 Å². The maximum atomic E-state index is 13.3. The predicted octanol–water partition coefficient (Wildman–Crippen LogP) is 4.28. The van der Waals surface area contributed by atoms with Crippen molar-refractivity contribution in [3.63, 3.8) is 0 Å². The van der Waals surface area contributed by atoms with E-state index >= 15 is 0 Å². The smallest absolute Gasteiger partial charge is 0.259 e. The predicted molar refractivity (Wildman–Crippen MR) is 109 cm³/mol. The largest absolute Gasteiger partial charge is 0.463 e. The standard InChI is InChI=1S/C20H13ClN6O3/c1-11-18-13(8-15(17-3-2-6-29-17)25-20(18)30-26-11)19(28)24-14-7-12(21)4-5-16(14)27-10-22-9-23-27/h2-10H,1H3,(H,24,28). The number of carbonyl (C=O) groups is 1. The molecule has 1 N–H and O–H groups in total. The molecule has 4 aromatic heterocycles. The molecule has 0 unspecified atom stereocenters. The van der Waals surface area contributed by atoms with Gasteiger partial charge in [0.15, 0.2) is 5.76 Å². The highest BCUT2D eigenvalue weighted by atomic mass is 35.5. The molecule has 0 atom stereocenters. The molecule has 0 aliphatic carbocycles. The van der Waals surface area contributed by atoms with Crippen LogP contribution in [-0.4, -0.2) is 30.8 Å². The lowest BCUT2D eigenvalue weighted by Crippen LogP contribution is -2.15. The Hall–Kier alpha value is -3.98. The normalized spacial score (nSPS) is 11.1. The van der Waals surface area contributed by atoms with Gasteiger partial charge in [0.05, 0.1) is 34.3 Å². The van der Waals surface area contributed by atoms with E-state index in [9.17, 15) is 4.79 Å². The van der Waals surface area contributed by atoms with Gasteiger partial charge in [-0.1, -0.05) is 16.8 Å². The number of benzene rings is 1. The Morgan fingerprint density at radius 1 is 1.23 bits per heavy atom. The van der Waals surface area contributed by atoms with Crippen molar-refractivity contribution >= 4 is 34.3 Å². The quantitative estimate of drug-likeness (QED) is 0.461. The number of pyridine rings is 1. The molecule has 30 heavy (non-hydrogen) atoms. The summed E-state index contributed by atoms with van der Waals surface area (Å²) in [6.07, 6.45) is 4.47. The van der Waals surface area contributed by atoms with Crippen LogP contribution in [-0.2, 0) is 0 Å². The molecule has 148 valence electrons. The van der Waals surface area contributed by atoms with E-state index in [0.717, 1.165) is 0 Å². The molecule has 0 aliphatic heterocycles. The summed E-state index contributed by atoms with van der Waals surface area (Å²) in [5.41, 5.74) is 2.68. The molecule has 0 radical (unpaired) electrons. The minimum Gasteiger partial charge on any atom is -0.463 e. The molecule has 1 amide bonds. The molecule has 0 aliphatic rings. The Balaban J connectivity index is 1.61. The molecule has 4 heterocycles. The zero-order valence-corrected chi connectivity index (χ0v) is 16.3. The first-order valence-electron chi connectivity index (χ1n) is 8.87. The summed E-state index contributed by atoms with van der Waals surface area (Å²) in [5, 5.41) is 12.0. The van der Waals surface area contributed by atoms with Crippen LogP contribution in [0.2, 0.25) is 5.02 Å².